The van der Waals surface area contributed by atoms with E-state index in [-0.39, 0.29) is 40.5 Å². The normalized spacial score (nSPS) is 13.8. The highest BCUT2D eigenvalue weighted by atomic mass is 35.5. The molecule has 8 rings (SSSR count). The zero-order valence-corrected chi connectivity index (χ0v) is 27.2. The van der Waals surface area contributed by atoms with Gasteiger partial charge in [-0.1, -0.05) is 23.7 Å². The SMILES string of the molecule is Cn1cc2c3c(c(Cl)cc2n1)Nc1nc(=O)n(c(=O)n1Cc1cc(F)c(F)cc1F)Cc1ncnn1CCc1cccc(c1)C(=O)NCCC3. The van der Waals surface area contributed by atoms with Crippen molar-refractivity contribution in [3.63, 3.8) is 0 Å². The predicted molar refractivity (Wildman–Crippen MR) is 177 cm³/mol. The van der Waals surface area contributed by atoms with Crippen LogP contribution < -0.4 is 22.0 Å². The second-order valence-corrected chi connectivity index (χ2v) is 12.2. The Kier molecular flexibility index (Phi) is 8.69. The van der Waals surface area contributed by atoms with Crippen LogP contribution in [0.1, 0.15) is 39.3 Å². The van der Waals surface area contributed by atoms with Crippen LogP contribution in [0.25, 0.3) is 10.9 Å². The van der Waals surface area contributed by atoms with Gasteiger partial charge in [-0.2, -0.15) is 15.2 Å². The minimum absolute atomic E-state index is 0.172. The topological polar surface area (TPSA) is 147 Å². The Bertz CT molecular complexity index is 2420. The number of carbonyl (C=O) groups is 1. The van der Waals surface area contributed by atoms with Crippen molar-refractivity contribution < 1.29 is 18.0 Å². The zero-order valence-electron chi connectivity index (χ0n) is 26.5. The van der Waals surface area contributed by atoms with Crippen LogP contribution in [0.3, 0.4) is 0 Å². The molecule has 4 bridgehead atoms. The molecule has 2 aliphatic heterocycles. The molecule has 2 aliphatic rings. The van der Waals surface area contributed by atoms with Crippen LogP contribution in [0.4, 0.5) is 24.8 Å². The van der Waals surface area contributed by atoms with E-state index in [4.69, 9.17) is 11.6 Å². The van der Waals surface area contributed by atoms with Crippen LogP contribution in [0.2, 0.25) is 5.02 Å². The highest BCUT2D eigenvalue weighted by Gasteiger charge is 2.22. The van der Waals surface area contributed by atoms with Gasteiger partial charge < -0.3 is 10.6 Å². The Morgan fingerprint density at radius 1 is 1.00 bits per heavy atom. The molecule has 3 aromatic carbocycles. The largest absolute Gasteiger partial charge is 0.355 e. The molecule has 0 atom stereocenters. The number of halogens is 4. The first-order chi connectivity index (χ1) is 24.0. The molecule has 17 heteroatoms. The summed E-state index contributed by atoms with van der Waals surface area (Å²) < 4.78 is 47.9. The van der Waals surface area contributed by atoms with Gasteiger partial charge in [-0.05, 0) is 54.7 Å². The van der Waals surface area contributed by atoms with Crippen LogP contribution in [0.15, 0.2) is 64.6 Å². The number of rotatable bonds is 2. The van der Waals surface area contributed by atoms with Gasteiger partial charge in [0, 0.05) is 48.9 Å². The monoisotopic (exact) mass is 704 g/mol. The zero-order chi connectivity index (χ0) is 35.1. The van der Waals surface area contributed by atoms with E-state index in [0.717, 1.165) is 14.7 Å². The van der Waals surface area contributed by atoms with Crippen LogP contribution in [0, 0.1) is 17.5 Å². The highest BCUT2D eigenvalue weighted by molar-refractivity contribution is 6.34. The number of carbonyl (C=O) groups excluding carboxylic acids is 1. The fraction of sp³-hybridized carbons (Fsp3) is 0.242. The molecule has 0 unspecified atom stereocenters. The van der Waals surface area contributed by atoms with Gasteiger partial charge in [0.2, 0.25) is 5.95 Å². The lowest BCUT2D eigenvalue weighted by Crippen LogP contribution is -2.43. The minimum atomic E-state index is -1.40. The molecule has 3 aromatic heterocycles. The van der Waals surface area contributed by atoms with Gasteiger partial charge in [-0.3, -0.25) is 14.0 Å². The van der Waals surface area contributed by atoms with Gasteiger partial charge >= 0.3 is 11.4 Å². The number of amides is 1. The molecule has 2 N–H and O–H groups in total. The molecule has 50 heavy (non-hydrogen) atoms. The quantitative estimate of drug-likeness (QED) is 0.260. The van der Waals surface area contributed by atoms with Crippen LogP contribution >= 0.6 is 11.6 Å². The molecule has 0 saturated carbocycles. The van der Waals surface area contributed by atoms with Crippen LogP contribution in [0.5, 0.6) is 0 Å². The first kappa shape index (κ1) is 32.8. The van der Waals surface area contributed by atoms with Gasteiger partial charge in [-0.15, -0.1) is 0 Å². The number of aromatic nitrogens is 8. The van der Waals surface area contributed by atoms with Crippen molar-refractivity contribution in [3.05, 3.63) is 127 Å². The third-order valence-electron chi connectivity index (χ3n) is 8.48. The van der Waals surface area contributed by atoms with Crippen molar-refractivity contribution in [3.8, 4) is 0 Å². The van der Waals surface area contributed by atoms with Crippen LogP contribution in [-0.4, -0.2) is 51.1 Å². The average molecular weight is 705 g/mol. The van der Waals surface area contributed by atoms with Crippen molar-refractivity contribution in [1.29, 1.82) is 0 Å². The number of anilines is 2. The van der Waals surface area contributed by atoms with Gasteiger partial charge in [0.1, 0.15) is 18.0 Å². The maximum Gasteiger partial charge on any atom is 0.355 e. The molecule has 256 valence electrons. The first-order valence-electron chi connectivity index (χ1n) is 15.6. The summed E-state index contributed by atoms with van der Waals surface area (Å²) in [7, 11) is 1.74. The molecule has 1 amide bonds. The van der Waals surface area contributed by atoms with Crippen molar-refractivity contribution in [2.45, 2.75) is 38.9 Å². The van der Waals surface area contributed by atoms with Gasteiger partial charge in [-0.25, -0.2) is 37.0 Å². The number of nitrogens with zero attached hydrogens (tertiary/aromatic N) is 8. The Labute approximate surface area is 286 Å². The predicted octanol–water partition coefficient (Wildman–Crippen LogP) is 3.71. The minimum Gasteiger partial charge on any atom is -0.352 e. The fourth-order valence-corrected chi connectivity index (χ4v) is 6.26. The second kappa shape index (κ2) is 13.3. The van der Waals surface area contributed by atoms with E-state index in [1.165, 1.54) is 11.0 Å². The highest BCUT2D eigenvalue weighted by Crippen LogP contribution is 2.35. The van der Waals surface area contributed by atoms with Crippen molar-refractivity contribution in [1.82, 2.24) is 44.0 Å². The van der Waals surface area contributed by atoms with Gasteiger partial charge in [0.05, 0.1) is 29.3 Å². The molecule has 0 fully saturated rings. The molecule has 0 aliphatic carbocycles. The third-order valence-corrected chi connectivity index (χ3v) is 8.77. The van der Waals surface area contributed by atoms with E-state index >= 15 is 0 Å². The van der Waals surface area contributed by atoms with Crippen molar-refractivity contribution >= 4 is 40.0 Å². The first-order valence-corrected chi connectivity index (χ1v) is 15.9. The number of nitrogens with one attached hydrogen (secondary N) is 2. The molecule has 0 radical (unpaired) electrons. The molecule has 5 heterocycles. The summed E-state index contributed by atoms with van der Waals surface area (Å²) in [6, 6.07) is 9.78. The van der Waals surface area contributed by atoms with Crippen molar-refractivity contribution in [2.75, 3.05) is 11.9 Å². The summed E-state index contributed by atoms with van der Waals surface area (Å²) in [4.78, 5) is 49.1. The lowest BCUT2D eigenvalue weighted by atomic mass is 10.0. The summed E-state index contributed by atoms with van der Waals surface area (Å²) >= 11 is 6.78. The Morgan fingerprint density at radius 2 is 1.82 bits per heavy atom. The van der Waals surface area contributed by atoms with Gasteiger partial charge in [0.25, 0.3) is 5.91 Å². The Balaban J connectivity index is 1.40. The molecular weight excluding hydrogens is 677 g/mol. The maximum atomic E-state index is 15.0. The number of benzene rings is 3. The number of hydrogen-bond donors (Lipinski definition) is 2. The number of fused-ring (bicyclic) bond motifs is 8. The summed E-state index contributed by atoms with van der Waals surface area (Å²) in [5.41, 5.74) is 0.571. The van der Waals surface area contributed by atoms with Crippen molar-refractivity contribution in [2.24, 2.45) is 7.05 Å². The molecule has 13 nitrogen and oxygen atoms in total. The standard InChI is InChI=1S/C33H28ClF3N10O3/c1-44-15-22-21-6-3-8-38-30(48)19-5-2-4-18(10-19)7-9-47-28(39-17-40-47)16-46-32(49)42-31(41-29(21)23(34)12-27(22)43-44)45(33(46)50)14-20-11-25(36)26(37)13-24(20)35/h2,4-5,10-13,15,17H,3,6-9,14,16H2,1H3,(H,38,48)(H,41,42,49). The van der Waals surface area contributed by atoms with Gasteiger partial charge in [0.15, 0.2) is 11.6 Å². The summed E-state index contributed by atoms with van der Waals surface area (Å²) in [5.74, 6) is -4.15. The maximum absolute atomic E-state index is 15.0. The van der Waals surface area contributed by atoms with Crippen LogP contribution in [-0.2, 0) is 39.5 Å². The van der Waals surface area contributed by atoms with E-state index in [1.54, 1.807) is 42.2 Å². The third kappa shape index (κ3) is 6.36. The molecule has 6 aromatic rings. The Morgan fingerprint density at radius 3 is 2.66 bits per heavy atom. The van der Waals surface area contributed by atoms with E-state index < -0.39 is 35.4 Å². The lowest BCUT2D eigenvalue weighted by molar-refractivity contribution is 0.0953. The summed E-state index contributed by atoms with van der Waals surface area (Å²) in [6.07, 6.45) is 4.32. The van der Waals surface area contributed by atoms with E-state index in [0.29, 0.717) is 66.5 Å². The number of hydrogen-bond acceptors (Lipinski definition) is 8. The average Bonchev–Trinajstić information content (AvgIpc) is 3.69. The van der Waals surface area contributed by atoms with E-state index in [2.05, 4.69) is 30.8 Å². The Hall–Kier alpha value is -5.77. The second-order valence-electron chi connectivity index (χ2n) is 11.8. The van der Waals surface area contributed by atoms with E-state index in [1.807, 2.05) is 6.07 Å². The molecule has 0 spiro atoms. The summed E-state index contributed by atoms with van der Waals surface area (Å²) in [5, 5.41) is 15.5. The summed E-state index contributed by atoms with van der Waals surface area (Å²) in [6.45, 7) is -0.391. The fourth-order valence-electron chi connectivity index (χ4n) is 5.99. The molecule has 0 saturated heterocycles. The number of aryl methyl sites for hydroxylation is 4. The molecular formula is C33H28ClF3N10O3. The smallest absolute Gasteiger partial charge is 0.352 e. The van der Waals surface area contributed by atoms with E-state index in [9.17, 15) is 27.6 Å². The lowest BCUT2D eigenvalue weighted by Gasteiger charge is -2.19.